The Bertz CT molecular complexity index is 1060. The molecule has 3 heterocycles. The molecule has 0 fully saturated rings. The highest BCUT2D eigenvalue weighted by molar-refractivity contribution is 7.15. The molecule has 27 heavy (non-hydrogen) atoms. The van der Waals surface area contributed by atoms with Crippen molar-refractivity contribution in [1.82, 2.24) is 19.7 Å². The maximum absolute atomic E-state index is 12.7. The number of rotatable bonds is 5. The number of aromatic nitrogens is 3. The first kappa shape index (κ1) is 17.9. The third-order valence-corrected chi connectivity index (χ3v) is 6.86. The van der Waals surface area contributed by atoms with Gasteiger partial charge in [0.25, 0.3) is 5.91 Å². The first-order chi connectivity index (χ1) is 12.9. The summed E-state index contributed by atoms with van der Waals surface area (Å²) >= 11 is 3.04. The van der Waals surface area contributed by atoms with E-state index in [1.165, 1.54) is 16.9 Å². The van der Waals surface area contributed by atoms with E-state index in [0.29, 0.717) is 11.4 Å². The van der Waals surface area contributed by atoms with Gasteiger partial charge in [0.1, 0.15) is 9.88 Å². The van der Waals surface area contributed by atoms with Gasteiger partial charge in [0.05, 0.1) is 17.9 Å². The molecule has 0 saturated heterocycles. The van der Waals surface area contributed by atoms with Gasteiger partial charge in [-0.15, -0.1) is 22.7 Å². The molecule has 0 unspecified atom stereocenters. The van der Waals surface area contributed by atoms with Gasteiger partial charge in [-0.3, -0.25) is 9.20 Å². The van der Waals surface area contributed by atoms with Crippen LogP contribution >= 0.6 is 22.7 Å². The molecule has 138 valence electrons. The maximum atomic E-state index is 12.7. The number of imidazole rings is 1. The number of nitrogens with one attached hydrogen (secondary N) is 1. The molecule has 7 heteroatoms. The summed E-state index contributed by atoms with van der Waals surface area (Å²) in [5.41, 5.74) is 2.55. The van der Waals surface area contributed by atoms with Crippen LogP contribution in [-0.2, 0) is 12.0 Å². The topological polar surface area (TPSA) is 59.3 Å². The Morgan fingerprint density at radius 2 is 2.00 bits per heavy atom. The van der Waals surface area contributed by atoms with Crippen molar-refractivity contribution >= 4 is 33.5 Å². The molecule has 1 N–H and O–H groups in total. The Balaban J connectivity index is 1.52. The molecule has 0 spiro atoms. The largest absolute Gasteiger partial charge is 0.346 e. The number of hydrogen-bond donors (Lipinski definition) is 1. The highest BCUT2D eigenvalue weighted by atomic mass is 32.1. The number of nitrogens with zero attached hydrogens (tertiary/aromatic N) is 3. The summed E-state index contributed by atoms with van der Waals surface area (Å²) in [7, 11) is 0. The summed E-state index contributed by atoms with van der Waals surface area (Å²) in [5, 5.41) is 5.90. The molecule has 4 aromatic rings. The molecule has 0 aliphatic rings. The van der Waals surface area contributed by atoms with Gasteiger partial charge in [-0.05, 0) is 26.3 Å². The minimum Gasteiger partial charge on any atom is -0.346 e. The lowest BCUT2D eigenvalue weighted by molar-refractivity contribution is 0.0953. The zero-order chi connectivity index (χ0) is 19.0. The average molecular weight is 397 g/mol. The summed E-state index contributed by atoms with van der Waals surface area (Å²) in [4.78, 5) is 23.5. The molecule has 0 radical (unpaired) electrons. The second kappa shape index (κ2) is 6.90. The van der Waals surface area contributed by atoms with Crippen LogP contribution in [0.1, 0.15) is 45.5 Å². The Kier molecular flexibility index (Phi) is 4.57. The Hall–Kier alpha value is -2.51. The SMILES string of the molecule is Cc1nc(C(C)(C)c2ccccc2)sc1C(=O)NCc1cn2ccsc2n1. The zero-order valence-corrected chi connectivity index (χ0v) is 17.0. The summed E-state index contributed by atoms with van der Waals surface area (Å²) in [6.45, 7) is 6.57. The Morgan fingerprint density at radius 1 is 1.22 bits per heavy atom. The number of carbonyl (C=O) groups is 1. The molecule has 1 aromatic carbocycles. The quantitative estimate of drug-likeness (QED) is 0.543. The van der Waals surface area contributed by atoms with Crippen molar-refractivity contribution in [2.24, 2.45) is 0 Å². The van der Waals surface area contributed by atoms with E-state index >= 15 is 0 Å². The molecular weight excluding hydrogens is 376 g/mol. The van der Waals surface area contributed by atoms with Gasteiger partial charge in [0, 0.05) is 23.2 Å². The van der Waals surface area contributed by atoms with E-state index < -0.39 is 0 Å². The lowest BCUT2D eigenvalue weighted by atomic mass is 9.85. The third kappa shape index (κ3) is 3.40. The highest BCUT2D eigenvalue weighted by Gasteiger charge is 2.29. The third-order valence-electron chi connectivity index (χ3n) is 4.61. The standard InChI is InChI=1S/C20H20N4OS2/c1-13-16(17(25)21-11-15-12-24-9-10-26-19(24)23-15)27-18(22-13)20(2,3)14-7-5-4-6-8-14/h4-10,12H,11H2,1-3H3,(H,21,25). The molecule has 3 aromatic heterocycles. The van der Waals surface area contributed by atoms with Crippen molar-refractivity contribution in [3.8, 4) is 0 Å². The summed E-state index contributed by atoms with van der Waals surface area (Å²) in [5.74, 6) is -0.100. The molecule has 0 atom stereocenters. The normalized spacial score (nSPS) is 11.8. The lowest BCUT2D eigenvalue weighted by Crippen LogP contribution is -2.22. The first-order valence-electron chi connectivity index (χ1n) is 8.68. The fraction of sp³-hybridized carbons (Fsp3) is 0.250. The summed E-state index contributed by atoms with van der Waals surface area (Å²) in [6, 6.07) is 10.3. The summed E-state index contributed by atoms with van der Waals surface area (Å²) < 4.78 is 1.96. The molecular formula is C20H20N4OS2. The minimum absolute atomic E-state index is 0.100. The van der Waals surface area contributed by atoms with Crippen LogP contribution in [0.25, 0.3) is 4.96 Å². The van der Waals surface area contributed by atoms with Gasteiger partial charge in [-0.2, -0.15) is 0 Å². The highest BCUT2D eigenvalue weighted by Crippen LogP contribution is 2.35. The van der Waals surface area contributed by atoms with Crippen LogP contribution in [0.15, 0.2) is 48.1 Å². The van der Waals surface area contributed by atoms with Gasteiger partial charge in [-0.1, -0.05) is 30.3 Å². The number of hydrogen-bond acceptors (Lipinski definition) is 5. The smallest absolute Gasteiger partial charge is 0.263 e. The number of benzene rings is 1. The second-order valence-corrected chi connectivity index (χ2v) is 8.80. The van der Waals surface area contributed by atoms with E-state index in [-0.39, 0.29) is 11.3 Å². The molecule has 0 saturated carbocycles. The molecule has 5 nitrogen and oxygen atoms in total. The van der Waals surface area contributed by atoms with Crippen molar-refractivity contribution in [1.29, 1.82) is 0 Å². The predicted octanol–water partition coefficient (Wildman–Crippen LogP) is 4.42. The number of carbonyl (C=O) groups excluding carboxylic acids is 1. The number of amides is 1. The van der Waals surface area contributed by atoms with Crippen molar-refractivity contribution in [2.45, 2.75) is 32.7 Å². The fourth-order valence-electron chi connectivity index (χ4n) is 2.97. The van der Waals surface area contributed by atoms with E-state index in [1.54, 1.807) is 11.3 Å². The maximum Gasteiger partial charge on any atom is 0.263 e. The van der Waals surface area contributed by atoms with Gasteiger partial charge in [-0.25, -0.2) is 9.97 Å². The van der Waals surface area contributed by atoms with Gasteiger partial charge in [0.15, 0.2) is 4.96 Å². The molecule has 0 aliphatic carbocycles. The predicted molar refractivity (Wildman–Crippen MR) is 110 cm³/mol. The van der Waals surface area contributed by atoms with Gasteiger partial charge >= 0.3 is 0 Å². The second-order valence-electron chi connectivity index (χ2n) is 6.93. The zero-order valence-electron chi connectivity index (χ0n) is 15.4. The van der Waals surface area contributed by atoms with Crippen molar-refractivity contribution in [3.05, 3.63) is 74.9 Å². The van der Waals surface area contributed by atoms with Crippen molar-refractivity contribution in [2.75, 3.05) is 0 Å². The molecule has 0 aliphatic heterocycles. The van der Waals surface area contributed by atoms with Crippen LogP contribution in [0.4, 0.5) is 0 Å². The first-order valence-corrected chi connectivity index (χ1v) is 10.4. The number of aryl methyl sites for hydroxylation is 1. The van der Waals surface area contributed by atoms with Crippen LogP contribution in [0, 0.1) is 6.92 Å². The van der Waals surface area contributed by atoms with Crippen molar-refractivity contribution < 1.29 is 4.79 Å². The number of fused-ring (bicyclic) bond motifs is 1. The van der Waals surface area contributed by atoms with E-state index in [4.69, 9.17) is 4.98 Å². The van der Waals surface area contributed by atoms with E-state index in [9.17, 15) is 4.79 Å². The number of thiazole rings is 2. The van der Waals surface area contributed by atoms with Gasteiger partial charge in [0.2, 0.25) is 0 Å². The van der Waals surface area contributed by atoms with Crippen LogP contribution < -0.4 is 5.32 Å². The van der Waals surface area contributed by atoms with Gasteiger partial charge < -0.3 is 5.32 Å². The summed E-state index contributed by atoms with van der Waals surface area (Å²) in [6.07, 6.45) is 3.90. The molecule has 0 bridgehead atoms. The van der Waals surface area contributed by atoms with E-state index in [0.717, 1.165) is 21.4 Å². The Morgan fingerprint density at radius 3 is 2.74 bits per heavy atom. The average Bonchev–Trinajstić information content (AvgIpc) is 3.35. The molecule has 1 amide bonds. The van der Waals surface area contributed by atoms with Crippen LogP contribution in [0.5, 0.6) is 0 Å². The minimum atomic E-state index is -0.247. The van der Waals surface area contributed by atoms with Crippen LogP contribution in [0.2, 0.25) is 0 Å². The van der Waals surface area contributed by atoms with E-state index in [1.807, 2.05) is 47.3 Å². The Labute approximate surface area is 165 Å². The van der Waals surface area contributed by atoms with Crippen LogP contribution in [0.3, 0.4) is 0 Å². The van der Waals surface area contributed by atoms with Crippen LogP contribution in [-0.4, -0.2) is 20.3 Å². The van der Waals surface area contributed by atoms with Crippen molar-refractivity contribution in [3.63, 3.8) is 0 Å². The molecule has 4 rings (SSSR count). The fourth-order valence-corrected chi connectivity index (χ4v) is 4.79. The monoisotopic (exact) mass is 396 g/mol. The lowest BCUT2D eigenvalue weighted by Gasteiger charge is -2.22. The van der Waals surface area contributed by atoms with E-state index in [2.05, 4.69) is 36.3 Å².